The van der Waals surface area contributed by atoms with Crippen LogP contribution in [0.5, 0.6) is 0 Å². The highest BCUT2D eigenvalue weighted by Gasteiger charge is 2.14. The summed E-state index contributed by atoms with van der Waals surface area (Å²) in [5.41, 5.74) is 9.28. The molecule has 0 saturated carbocycles. The van der Waals surface area contributed by atoms with Crippen molar-refractivity contribution >= 4 is 5.91 Å². The van der Waals surface area contributed by atoms with Crippen LogP contribution >= 0.6 is 0 Å². The fourth-order valence-electron chi connectivity index (χ4n) is 2.91. The normalized spacial score (nSPS) is 10.7. The average molecular weight is 316 g/mol. The van der Waals surface area contributed by atoms with Gasteiger partial charge in [0.05, 0.1) is 5.56 Å². The number of rotatable bonds is 6. The second-order valence-electron chi connectivity index (χ2n) is 5.82. The van der Waals surface area contributed by atoms with Gasteiger partial charge in [0.15, 0.2) is 0 Å². The van der Waals surface area contributed by atoms with Crippen LogP contribution in [-0.2, 0) is 6.42 Å². The first-order valence-electron chi connectivity index (χ1n) is 8.08. The number of aromatic nitrogens is 1. The Balaban J connectivity index is 1.79. The van der Waals surface area contributed by atoms with E-state index in [0.29, 0.717) is 11.5 Å². The maximum Gasteiger partial charge on any atom is 0.250 e. The summed E-state index contributed by atoms with van der Waals surface area (Å²) in [6.45, 7) is 0. The molecule has 0 spiro atoms. The lowest BCUT2D eigenvalue weighted by molar-refractivity contribution is 0.1000. The van der Waals surface area contributed by atoms with Gasteiger partial charge < -0.3 is 5.73 Å². The molecule has 0 atom stereocenters. The van der Waals surface area contributed by atoms with Gasteiger partial charge in [0.2, 0.25) is 5.91 Å². The molecule has 2 aromatic carbocycles. The molecule has 0 saturated heterocycles. The highest BCUT2D eigenvalue weighted by atomic mass is 16.1. The number of hydrogen-bond donors (Lipinski definition) is 1. The summed E-state index contributed by atoms with van der Waals surface area (Å²) in [6, 6.07) is 24.7. The Morgan fingerprint density at radius 2 is 1.46 bits per heavy atom. The third-order valence-electron chi connectivity index (χ3n) is 4.20. The first kappa shape index (κ1) is 15.9. The summed E-state index contributed by atoms with van der Waals surface area (Å²) >= 11 is 0. The minimum Gasteiger partial charge on any atom is -0.366 e. The first-order chi connectivity index (χ1) is 11.7. The predicted molar refractivity (Wildman–Crippen MR) is 95.8 cm³/mol. The van der Waals surface area contributed by atoms with Gasteiger partial charge in [-0.05, 0) is 36.1 Å². The fraction of sp³-hybridized carbons (Fsp3) is 0.143. The minimum atomic E-state index is -0.444. The Morgan fingerprint density at radius 1 is 0.875 bits per heavy atom. The lowest BCUT2D eigenvalue weighted by Crippen LogP contribution is -2.11. The molecule has 1 aromatic heterocycles. The number of carbonyl (C=O) groups is 1. The molecule has 1 amide bonds. The van der Waals surface area contributed by atoms with E-state index in [-0.39, 0.29) is 0 Å². The van der Waals surface area contributed by atoms with Crippen molar-refractivity contribution < 1.29 is 4.79 Å². The van der Waals surface area contributed by atoms with Crippen molar-refractivity contribution in [2.24, 2.45) is 5.73 Å². The standard InChI is InChI=1S/C21H20N2O/c22-21(24)18-11-12-19(23-15-18)13-14-20(16-7-3-1-4-8-16)17-9-5-2-6-10-17/h1-12,15,20H,13-14H2,(H2,22,24). The number of pyridine rings is 1. The molecular weight excluding hydrogens is 296 g/mol. The van der Waals surface area contributed by atoms with Crippen LogP contribution in [0.25, 0.3) is 0 Å². The van der Waals surface area contributed by atoms with Gasteiger partial charge in [-0.25, -0.2) is 0 Å². The minimum absolute atomic E-state index is 0.324. The van der Waals surface area contributed by atoms with Crippen molar-refractivity contribution in [2.75, 3.05) is 0 Å². The molecule has 3 aromatic rings. The van der Waals surface area contributed by atoms with Crippen LogP contribution in [0, 0.1) is 0 Å². The highest BCUT2D eigenvalue weighted by molar-refractivity contribution is 5.92. The molecule has 0 radical (unpaired) electrons. The van der Waals surface area contributed by atoms with Gasteiger partial charge in [-0.3, -0.25) is 9.78 Å². The quantitative estimate of drug-likeness (QED) is 0.748. The van der Waals surface area contributed by atoms with Crippen molar-refractivity contribution in [1.29, 1.82) is 0 Å². The molecule has 3 nitrogen and oxygen atoms in total. The smallest absolute Gasteiger partial charge is 0.250 e. The van der Waals surface area contributed by atoms with Crippen LogP contribution in [0.2, 0.25) is 0 Å². The van der Waals surface area contributed by atoms with E-state index in [0.717, 1.165) is 18.5 Å². The fourth-order valence-corrected chi connectivity index (χ4v) is 2.91. The van der Waals surface area contributed by atoms with Crippen LogP contribution in [-0.4, -0.2) is 10.9 Å². The zero-order valence-corrected chi connectivity index (χ0v) is 13.4. The number of primary amides is 1. The summed E-state index contributed by atoms with van der Waals surface area (Å²) < 4.78 is 0. The lowest BCUT2D eigenvalue weighted by atomic mass is 9.87. The van der Waals surface area contributed by atoms with Gasteiger partial charge in [-0.15, -0.1) is 0 Å². The van der Waals surface area contributed by atoms with Gasteiger partial charge in [-0.2, -0.15) is 0 Å². The van der Waals surface area contributed by atoms with Gasteiger partial charge in [0.1, 0.15) is 0 Å². The van der Waals surface area contributed by atoms with E-state index in [4.69, 9.17) is 5.73 Å². The molecule has 0 aliphatic heterocycles. The Morgan fingerprint density at radius 3 is 1.92 bits per heavy atom. The molecule has 0 bridgehead atoms. The molecule has 0 aliphatic rings. The lowest BCUT2D eigenvalue weighted by Gasteiger charge is -2.18. The highest BCUT2D eigenvalue weighted by Crippen LogP contribution is 2.29. The van der Waals surface area contributed by atoms with E-state index >= 15 is 0 Å². The summed E-state index contributed by atoms with van der Waals surface area (Å²) in [7, 11) is 0. The summed E-state index contributed by atoms with van der Waals surface area (Å²) in [5.74, 6) is -0.120. The number of amides is 1. The zero-order valence-electron chi connectivity index (χ0n) is 13.4. The van der Waals surface area contributed by atoms with Crippen LogP contribution in [0.4, 0.5) is 0 Å². The number of hydrogen-bond acceptors (Lipinski definition) is 2. The second-order valence-corrected chi connectivity index (χ2v) is 5.82. The maximum absolute atomic E-state index is 11.1. The monoisotopic (exact) mass is 316 g/mol. The second kappa shape index (κ2) is 7.55. The molecule has 120 valence electrons. The predicted octanol–water partition coefficient (Wildman–Crippen LogP) is 3.95. The van der Waals surface area contributed by atoms with Crippen molar-refractivity contribution in [3.63, 3.8) is 0 Å². The van der Waals surface area contributed by atoms with Crippen LogP contribution < -0.4 is 5.73 Å². The largest absolute Gasteiger partial charge is 0.366 e. The third kappa shape index (κ3) is 3.87. The van der Waals surface area contributed by atoms with Crippen LogP contribution in [0.3, 0.4) is 0 Å². The average Bonchev–Trinajstić information content (AvgIpc) is 2.64. The summed E-state index contributed by atoms with van der Waals surface area (Å²) in [5, 5.41) is 0. The SMILES string of the molecule is NC(=O)c1ccc(CCC(c2ccccc2)c2ccccc2)nc1. The number of nitrogens with zero attached hydrogens (tertiary/aromatic N) is 1. The molecular formula is C21H20N2O. The molecule has 3 heteroatoms. The topological polar surface area (TPSA) is 56.0 Å². The van der Waals surface area contributed by atoms with Gasteiger partial charge >= 0.3 is 0 Å². The maximum atomic E-state index is 11.1. The summed E-state index contributed by atoms with van der Waals surface area (Å²) in [4.78, 5) is 15.5. The van der Waals surface area contributed by atoms with Gasteiger partial charge in [-0.1, -0.05) is 60.7 Å². The molecule has 2 N–H and O–H groups in total. The van der Waals surface area contributed by atoms with E-state index < -0.39 is 5.91 Å². The van der Waals surface area contributed by atoms with E-state index in [1.54, 1.807) is 12.3 Å². The van der Waals surface area contributed by atoms with E-state index in [1.165, 1.54) is 11.1 Å². The zero-order chi connectivity index (χ0) is 16.8. The Labute approximate surface area is 142 Å². The third-order valence-corrected chi connectivity index (χ3v) is 4.20. The molecule has 1 heterocycles. The molecule has 0 aliphatic carbocycles. The van der Waals surface area contributed by atoms with Crippen LogP contribution in [0.15, 0.2) is 79.0 Å². The number of carbonyl (C=O) groups excluding carboxylic acids is 1. The van der Waals surface area contributed by atoms with Crippen molar-refractivity contribution in [3.05, 3.63) is 101 Å². The van der Waals surface area contributed by atoms with Gasteiger partial charge in [0, 0.05) is 17.8 Å². The number of nitrogens with two attached hydrogens (primary N) is 1. The van der Waals surface area contributed by atoms with E-state index in [1.807, 2.05) is 18.2 Å². The Kier molecular flexibility index (Phi) is 5.02. The molecule has 3 rings (SSSR count). The Hall–Kier alpha value is -2.94. The van der Waals surface area contributed by atoms with Crippen LogP contribution in [0.1, 0.15) is 39.5 Å². The van der Waals surface area contributed by atoms with Crippen molar-refractivity contribution in [3.8, 4) is 0 Å². The summed E-state index contributed by atoms with van der Waals surface area (Å²) in [6.07, 6.45) is 3.35. The molecule has 0 fully saturated rings. The number of benzene rings is 2. The van der Waals surface area contributed by atoms with E-state index in [9.17, 15) is 4.79 Å². The Bertz CT molecular complexity index is 744. The van der Waals surface area contributed by atoms with Crippen molar-refractivity contribution in [2.45, 2.75) is 18.8 Å². The molecule has 24 heavy (non-hydrogen) atoms. The van der Waals surface area contributed by atoms with Gasteiger partial charge in [0.25, 0.3) is 0 Å². The number of aryl methyl sites for hydroxylation is 1. The van der Waals surface area contributed by atoms with Crippen molar-refractivity contribution in [1.82, 2.24) is 4.98 Å². The first-order valence-corrected chi connectivity index (χ1v) is 8.08. The molecule has 0 unspecified atom stereocenters. The van der Waals surface area contributed by atoms with E-state index in [2.05, 4.69) is 53.5 Å².